The lowest BCUT2D eigenvalue weighted by atomic mass is 9.48. The summed E-state index contributed by atoms with van der Waals surface area (Å²) in [6.45, 7) is 0. The van der Waals surface area contributed by atoms with Crippen molar-refractivity contribution in [3.63, 3.8) is 0 Å². The number of rotatable bonds is 2. The number of halogens is 2. The molecule has 0 heterocycles. The van der Waals surface area contributed by atoms with Crippen LogP contribution in [0, 0.1) is 23.2 Å². The highest BCUT2D eigenvalue weighted by atomic mass is 35.5. The SMILES string of the molecule is Cl.Cl.NC(C(=O)O)C12CC3CC(CC(C3)C1)C2. The average molecular weight is 282 g/mol. The number of hydrogen-bond acceptors (Lipinski definition) is 2. The van der Waals surface area contributed by atoms with E-state index < -0.39 is 12.0 Å². The lowest BCUT2D eigenvalue weighted by molar-refractivity contribution is -0.149. The molecular formula is C12H21Cl2NO2. The van der Waals surface area contributed by atoms with Crippen LogP contribution in [0.25, 0.3) is 0 Å². The van der Waals surface area contributed by atoms with Crippen LogP contribution in [0.15, 0.2) is 0 Å². The van der Waals surface area contributed by atoms with Gasteiger partial charge in [0.25, 0.3) is 0 Å². The van der Waals surface area contributed by atoms with Gasteiger partial charge in [-0.3, -0.25) is 4.79 Å². The fourth-order valence-electron chi connectivity index (χ4n) is 4.82. The standard InChI is InChI=1S/C12H19NO2.2ClH/c13-10(11(14)15)12-4-7-1-8(5-12)3-9(2-7)6-12;;/h7-10H,1-6,13H2,(H,14,15);2*1H. The maximum absolute atomic E-state index is 11.1. The Hall–Kier alpha value is 0.01000. The first-order valence-electron chi connectivity index (χ1n) is 6.07. The molecule has 0 radical (unpaired) electrons. The molecule has 17 heavy (non-hydrogen) atoms. The van der Waals surface area contributed by atoms with E-state index in [1.165, 1.54) is 19.3 Å². The van der Waals surface area contributed by atoms with Gasteiger partial charge in [0.2, 0.25) is 0 Å². The van der Waals surface area contributed by atoms with Crippen molar-refractivity contribution in [3.8, 4) is 0 Å². The highest BCUT2D eigenvalue weighted by Crippen LogP contribution is 2.60. The lowest BCUT2D eigenvalue weighted by Crippen LogP contribution is -2.57. The summed E-state index contributed by atoms with van der Waals surface area (Å²) in [5, 5.41) is 9.12. The monoisotopic (exact) mass is 281 g/mol. The van der Waals surface area contributed by atoms with E-state index in [1.807, 2.05) is 0 Å². The first-order chi connectivity index (χ1) is 7.09. The van der Waals surface area contributed by atoms with Crippen molar-refractivity contribution in [2.75, 3.05) is 0 Å². The van der Waals surface area contributed by atoms with Crippen LogP contribution in [-0.4, -0.2) is 17.1 Å². The molecule has 3 nitrogen and oxygen atoms in total. The van der Waals surface area contributed by atoms with Gasteiger partial charge in [-0.25, -0.2) is 0 Å². The van der Waals surface area contributed by atoms with Gasteiger partial charge in [0, 0.05) is 0 Å². The van der Waals surface area contributed by atoms with Crippen LogP contribution in [0.5, 0.6) is 0 Å². The molecule has 0 spiro atoms. The Kier molecular flexibility index (Phi) is 4.38. The third-order valence-electron chi connectivity index (χ3n) is 5.01. The van der Waals surface area contributed by atoms with Gasteiger partial charge in [-0.2, -0.15) is 0 Å². The van der Waals surface area contributed by atoms with Gasteiger partial charge in [0.05, 0.1) is 0 Å². The zero-order valence-corrected chi connectivity index (χ0v) is 11.4. The fourth-order valence-corrected chi connectivity index (χ4v) is 4.82. The van der Waals surface area contributed by atoms with Gasteiger partial charge in [-0.05, 0) is 61.7 Å². The smallest absolute Gasteiger partial charge is 0.321 e. The molecule has 3 N–H and O–H groups in total. The third-order valence-corrected chi connectivity index (χ3v) is 5.01. The van der Waals surface area contributed by atoms with Crippen LogP contribution in [0.1, 0.15) is 38.5 Å². The number of carbonyl (C=O) groups is 1. The molecule has 4 rings (SSSR count). The number of nitrogens with two attached hydrogens (primary N) is 1. The van der Waals surface area contributed by atoms with Crippen molar-refractivity contribution in [2.24, 2.45) is 28.9 Å². The zero-order valence-electron chi connectivity index (χ0n) is 9.80. The number of hydrogen-bond donors (Lipinski definition) is 2. The summed E-state index contributed by atoms with van der Waals surface area (Å²) in [6, 6.07) is -0.620. The number of aliphatic carboxylic acids is 1. The molecule has 0 aromatic heterocycles. The fraction of sp³-hybridized carbons (Fsp3) is 0.917. The van der Waals surface area contributed by atoms with Crippen molar-refractivity contribution in [1.29, 1.82) is 0 Å². The molecule has 0 aromatic rings. The molecule has 4 bridgehead atoms. The Labute approximate surface area is 114 Å². The van der Waals surface area contributed by atoms with Crippen molar-refractivity contribution in [3.05, 3.63) is 0 Å². The molecular weight excluding hydrogens is 261 g/mol. The topological polar surface area (TPSA) is 63.3 Å². The summed E-state index contributed by atoms with van der Waals surface area (Å²) in [4.78, 5) is 11.1. The van der Waals surface area contributed by atoms with Gasteiger partial charge >= 0.3 is 5.97 Å². The van der Waals surface area contributed by atoms with Gasteiger partial charge in [-0.1, -0.05) is 0 Å². The van der Waals surface area contributed by atoms with Crippen molar-refractivity contribution >= 4 is 30.8 Å². The molecule has 4 aliphatic rings. The molecule has 0 saturated heterocycles. The summed E-state index contributed by atoms with van der Waals surface area (Å²) in [7, 11) is 0. The minimum atomic E-state index is -0.794. The summed E-state index contributed by atoms with van der Waals surface area (Å²) in [5.41, 5.74) is 5.87. The Morgan fingerprint density at radius 1 is 1.06 bits per heavy atom. The highest BCUT2D eigenvalue weighted by molar-refractivity contribution is 5.85. The van der Waals surface area contributed by atoms with E-state index in [0.29, 0.717) is 0 Å². The Bertz CT molecular complexity index is 274. The van der Waals surface area contributed by atoms with E-state index in [-0.39, 0.29) is 30.2 Å². The minimum Gasteiger partial charge on any atom is -0.480 e. The quantitative estimate of drug-likeness (QED) is 0.817. The van der Waals surface area contributed by atoms with E-state index in [0.717, 1.165) is 37.0 Å². The maximum atomic E-state index is 11.1. The van der Waals surface area contributed by atoms with E-state index in [9.17, 15) is 4.79 Å². The predicted molar refractivity (Wildman–Crippen MR) is 70.7 cm³/mol. The minimum absolute atomic E-state index is 0. The Balaban J connectivity index is 0.000000722. The zero-order chi connectivity index (χ0) is 10.6. The van der Waals surface area contributed by atoms with Crippen LogP contribution in [0.2, 0.25) is 0 Å². The van der Waals surface area contributed by atoms with E-state index in [2.05, 4.69) is 0 Å². The average Bonchev–Trinajstić information content (AvgIpc) is 2.14. The van der Waals surface area contributed by atoms with Crippen LogP contribution in [0.4, 0.5) is 0 Å². The van der Waals surface area contributed by atoms with Gasteiger partial charge in [0.1, 0.15) is 6.04 Å². The Morgan fingerprint density at radius 3 is 1.71 bits per heavy atom. The van der Waals surface area contributed by atoms with Crippen molar-refractivity contribution in [1.82, 2.24) is 0 Å². The molecule has 0 aromatic carbocycles. The van der Waals surface area contributed by atoms with Gasteiger partial charge in [0.15, 0.2) is 0 Å². The first-order valence-corrected chi connectivity index (χ1v) is 6.07. The normalized spacial score (nSPS) is 43.5. The second-order valence-electron chi connectivity index (χ2n) is 6.10. The van der Waals surface area contributed by atoms with Gasteiger partial charge < -0.3 is 10.8 Å². The molecule has 100 valence electrons. The van der Waals surface area contributed by atoms with Crippen molar-refractivity contribution < 1.29 is 9.90 Å². The predicted octanol–water partition coefficient (Wildman–Crippen LogP) is 2.46. The van der Waals surface area contributed by atoms with Crippen LogP contribution in [0.3, 0.4) is 0 Å². The first kappa shape index (κ1) is 15.1. The van der Waals surface area contributed by atoms with Crippen LogP contribution < -0.4 is 5.73 Å². The maximum Gasteiger partial charge on any atom is 0.321 e. The second-order valence-corrected chi connectivity index (χ2v) is 6.10. The van der Waals surface area contributed by atoms with Crippen LogP contribution >= 0.6 is 24.8 Å². The molecule has 0 amide bonds. The van der Waals surface area contributed by atoms with E-state index in [1.54, 1.807) is 0 Å². The largest absolute Gasteiger partial charge is 0.480 e. The molecule has 1 atom stereocenters. The third kappa shape index (κ3) is 2.29. The van der Waals surface area contributed by atoms with E-state index in [4.69, 9.17) is 10.8 Å². The molecule has 0 aliphatic heterocycles. The molecule has 5 heteroatoms. The summed E-state index contributed by atoms with van der Waals surface area (Å²) in [6.07, 6.45) is 7.24. The second kappa shape index (κ2) is 4.94. The van der Waals surface area contributed by atoms with Crippen molar-refractivity contribution in [2.45, 2.75) is 44.6 Å². The number of carboxylic acids is 1. The van der Waals surface area contributed by atoms with Gasteiger partial charge in [-0.15, -0.1) is 24.8 Å². The molecule has 4 fully saturated rings. The summed E-state index contributed by atoms with van der Waals surface area (Å²) < 4.78 is 0. The highest BCUT2D eigenvalue weighted by Gasteiger charge is 2.55. The summed E-state index contributed by atoms with van der Waals surface area (Å²) >= 11 is 0. The van der Waals surface area contributed by atoms with Crippen LogP contribution in [-0.2, 0) is 4.79 Å². The lowest BCUT2D eigenvalue weighted by Gasteiger charge is -2.58. The molecule has 4 aliphatic carbocycles. The number of carboxylic acid groups (broad SMARTS) is 1. The Morgan fingerprint density at radius 2 is 1.41 bits per heavy atom. The van der Waals surface area contributed by atoms with E-state index >= 15 is 0 Å². The summed E-state index contributed by atoms with van der Waals surface area (Å²) in [5.74, 6) is 1.54. The molecule has 1 unspecified atom stereocenters. The molecule has 4 saturated carbocycles.